The highest BCUT2D eigenvalue weighted by Gasteiger charge is 2.24. The zero-order chi connectivity index (χ0) is 32.4. The van der Waals surface area contributed by atoms with Gasteiger partial charge in [0.1, 0.15) is 40.7 Å². The summed E-state index contributed by atoms with van der Waals surface area (Å²) in [6, 6.07) is 26.4. The van der Waals surface area contributed by atoms with E-state index in [-0.39, 0.29) is 17.3 Å². The van der Waals surface area contributed by atoms with E-state index in [2.05, 4.69) is 21.0 Å². The van der Waals surface area contributed by atoms with Gasteiger partial charge in [-0.3, -0.25) is 14.1 Å². The van der Waals surface area contributed by atoms with Crippen LogP contribution in [0.3, 0.4) is 0 Å². The number of nitrogens with zero attached hydrogens (tertiary/aromatic N) is 4. The first-order chi connectivity index (χ1) is 21.6. The number of para-hydroxylation sites is 3. The fourth-order valence-electron chi connectivity index (χ4n) is 3.92. The molecule has 0 saturated carbocycles. The van der Waals surface area contributed by atoms with Crippen molar-refractivity contribution in [1.82, 2.24) is 15.0 Å². The predicted octanol–water partition coefficient (Wildman–Crippen LogP) is 5.81. The van der Waals surface area contributed by atoms with E-state index in [4.69, 9.17) is 36.5 Å². The van der Waals surface area contributed by atoms with E-state index in [1.54, 1.807) is 73.8 Å². The lowest BCUT2D eigenvalue weighted by molar-refractivity contribution is -0.128. The Bertz CT molecular complexity index is 2010. The lowest BCUT2D eigenvalue weighted by atomic mass is 10.0. The Labute approximate surface area is 257 Å². The monoisotopic (exact) mass is 628 g/mol. The van der Waals surface area contributed by atoms with Gasteiger partial charge in [0, 0.05) is 17.1 Å². The Morgan fingerprint density at radius 3 is 2.11 bits per heavy atom. The summed E-state index contributed by atoms with van der Waals surface area (Å²) in [5.74, 6) is 1.01. The maximum absolute atomic E-state index is 13.6. The number of hydrogen-bond donors (Lipinski definition) is 2. The second-order valence-corrected chi connectivity index (χ2v) is 9.70. The lowest BCUT2D eigenvalue weighted by Gasteiger charge is -2.16. The summed E-state index contributed by atoms with van der Waals surface area (Å²) < 4.78 is 54.7. The highest BCUT2D eigenvalue weighted by atomic mass is 32.3. The van der Waals surface area contributed by atoms with E-state index in [9.17, 15) is 10.1 Å². The van der Waals surface area contributed by atoms with Gasteiger partial charge in [-0.05, 0) is 37.3 Å². The number of fused-ring (bicyclic) bond motifs is 1. The summed E-state index contributed by atoms with van der Waals surface area (Å²) >= 11 is 0. The Kier molecular flexibility index (Phi) is 10.3. The average Bonchev–Trinajstić information content (AvgIpc) is 3.02. The number of carbonyl (C=O) groups is 1. The Morgan fingerprint density at radius 1 is 0.822 bits per heavy atom. The first kappa shape index (κ1) is 32.0. The summed E-state index contributed by atoms with van der Waals surface area (Å²) in [6.45, 7) is 1.66. The van der Waals surface area contributed by atoms with Crippen LogP contribution in [0.15, 0.2) is 103 Å². The molecule has 0 spiro atoms. The maximum Gasteiger partial charge on any atom is 0.394 e. The molecule has 0 bridgehead atoms. The topological polar surface area (TPSA) is 191 Å². The number of aromatic nitrogens is 3. The third kappa shape index (κ3) is 8.81. The highest BCUT2D eigenvalue weighted by molar-refractivity contribution is 7.79. The molecule has 0 unspecified atom stereocenters. The van der Waals surface area contributed by atoms with Crippen molar-refractivity contribution in [3.05, 3.63) is 114 Å². The number of benzene rings is 3. The van der Waals surface area contributed by atoms with E-state index >= 15 is 0 Å². The molecule has 2 aromatic heterocycles. The first-order valence-corrected chi connectivity index (χ1v) is 14.2. The van der Waals surface area contributed by atoms with Crippen LogP contribution in [-0.2, 0) is 19.9 Å². The van der Waals surface area contributed by atoms with Crippen molar-refractivity contribution < 1.29 is 41.3 Å². The van der Waals surface area contributed by atoms with Crippen LogP contribution in [0.5, 0.6) is 29.0 Å². The standard InChI is InChI=1S/C31H22N4O5.H2O4S/c1-20(37-2)29(31(36)40-26-15-7-10-21-11-8-16-33-30(21)26)23-12-4-6-14-25(23)39-28-17-27(34-19-35-28)38-24-13-5-3-9-22(24)18-32;1-5(2,3)4/h3-17,19H,1-2H3;(H2,1,2,3,4)/b29-20+;. The molecular formula is C31H24N4O9S. The normalized spacial score (nSPS) is 11.3. The number of allylic oxidation sites excluding steroid dienone is 1. The van der Waals surface area contributed by atoms with Crippen molar-refractivity contribution in [1.29, 1.82) is 5.26 Å². The number of esters is 1. The molecule has 0 aliphatic rings. The van der Waals surface area contributed by atoms with Gasteiger partial charge in [0.05, 0.1) is 18.7 Å². The van der Waals surface area contributed by atoms with Crippen LogP contribution < -0.4 is 14.2 Å². The molecule has 0 aliphatic carbocycles. The van der Waals surface area contributed by atoms with Gasteiger partial charge in [0.2, 0.25) is 11.8 Å². The van der Waals surface area contributed by atoms with Crippen LogP contribution in [-0.4, -0.2) is 45.6 Å². The number of pyridine rings is 1. The van der Waals surface area contributed by atoms with Crippen molar-refractivity contribution in [2.75, 3.05) is 7.11 Å². The van der Waals surface area contributed by atoms with E-state index in [1.807, 2.05) is 18.2 Å². The van der Waals surface area contributed by atoms with Crippen molar-refractivity contribution in [3.8, 4) is 35.1 Å². The van der Waals surface area contributed by atoms with Gasteiger partial charge < -0.3 is 18.9 Å². The molecule has 0 aliphatic heterocycles. The minimum absolute atomic E-state index is 0.160. The predicted molar refractivity (Wildman–Crippen MR) is 161 cm³/mol. The molecule has 5 rings (SSSR count). The van der Waals surface area contributed by atoms with Gasteiger partial charge in [0.15, 0.2) is 5.75 Å². The molecule has 5 aromatic rings. The molecule has 2 N–H and O–H groups in total. The minimum atomic E-state index is -4.67. The second kappa shape index (κ2) is 14.5. The molecule has 45 heavy (non-hydrogen) atoms. The van der Waals surface area contributed by atoms with E-state index in [0.717, 1.165) is 5.39 Å². The number of rotatable bonds is 8. The van der Waals surface area contributed by atoms with Gasteiger partial charge in [-0.1, -0.05) is 48.5 Å². The van der Waals surface area contributed by atoms with E-state index < -0.39 is 16.4 Å². The third-order valence-electron chi connectivity index (χ3n) is 5.87. The maximum atomic E-state index is 13.6. The van der Waals surface area contributed by atoms with Gasteiger partial charge in [-0.25, -0.2) is 14.8 Å². The summed E-state index contributed by atoms with van der Waals surface area (Å²) in [4.78, 5) is 26.2. The minimum Gasteiger partial charge on any atom is -0.500 e. The van der Waals surface area contributed by atoms with Crippen LogP contribution in [0.25, 0.3) is 16.5 Å². The fraction of sp³-hybridized carbons (Fsp3) is 0.0645. The van der Waals surface area contributed by atoms with Crippen LogP contribution in [0, 0.1) is 11.3 Å². The zero-order valence-corrected chi connectivity index (χ0v) is 24.5. The molecule has 0 radical (unpaired) electrons. The van der Waals surface area contributed by atoms with Gasteiger partial charge in [-0.15, -0.1) is 0 Å². The van der Waals surface area contributed by atoms with E-state index in [1.165, 1.54) is 19.5 Å². The molecule has 0 fully saturated rings. The Hall–Kier alpha value is -5.88. The van der Waals surface area contributed by atoms with Gasteiger partial charge >= 0.3 is 16.4 Å². The summed E-state index contributed by atoms with van der Waals surface area (Å²) in [6.07, 6.45) is 2.92. The van der Waals surface area contributed by atoms with E-state index in [0.29, 0.717) is 39.7 Å². The molecule has 0 saturated heterocycles. The Balaban J connectivity index is 0.000000854. The van der Waals surface area contributed by atoms with Crippen LogP contribution in [0.2, 0.25) is 0 Å². The molecule has 2 heterocycles. The summed E-state index contributed by atoms with van der Waals surface area (Å²) in [5, 5.41) is 10.2. The molecule has 0 amide bonds. The van der Waals surface area contributed by atoms with Gasteiger partial charge in [0.25, 0.3) is 0 Å². The first-order valence-electron chi connectivity index (χ1n) is 12.8. The molecular weight excluding hydrogens is 604 g/mol. The number of nitriles is 1. The van der Waals surface area contributed by atoms with Crippen molar-refractivity contribution in [3.63, 3.8) is 0 Å². The number of methoxy groups -OCH3 is 1. The van der Waals surface area contributed by atoms with Crippen LogP contribution in [0.1, 0.15) is 18.1 Å². The smallest absolute Gasteiger partial charge is 0.394 e. The lowest BCUT2D eigenvalue weighted by Crippen LogP contribution is -2.14. The fourth-order valence-corrected chi connectivity index (χ4v) is 3.92. The SMILES string of the molecule is CO/C(C)=C(/C(=O)Oc1cccc2cccnc12)c1ccccc1Oc1cc(Oc2ccccc2C#N)ncn1.O=S(=O)(O)O. The number of ether oxygens (including phenoxy) is 4. The number of hydrogen-bond acceptors (Lipinski definition) is 11. The van der Waals surface area contributed by atoms with Crippen molar-refractivity contribution in [2.45, 2.75) is 6.92 Å². The number of carbonyl (C=O) groups excluding carboxylic acids is 1. The third-order valence-corrected chi connectivity index (χ3v) is 5.87. The average molecular weight is 629 g/mol. The zero-order valence-electron chi connectivity index (χ0n) is 23.7. The van der Waals surface area contributed by atoms with Crippen molar-refractivity contribution in [2.24, 2.45) is 0 Å². The Morgan fingerprint density at radius 2 is 1.42 bits per heavy atom. The quantitative estimate of drug-likeness (QED) is 0.0688. The molecule has 228 valence electrons. The summed E-state index contributed by atoms with van der Waals surface area (Å²) in [5.41, 5.74) is 1.51. The summed E-state index contributed by atoms with van der Waals surface area (Å²) in [7, 11) is -3.20. The highest BCUT2D eigenvalue weighted by Crippen LogP contribution is 2.34. The van der Waals surface area contributed by atoms with Crippen LogP contribution in [0.4, 0.5) is 0 Å². The van der Waals surface area contributed by atoms with Gasteiger partial charge in [-0.2, -0.15) is 13.7 Å². The van der Waals surface area contributed by atoms with Crippen molar-refractivity contribution >= 4 is 32.8 Å². The molecule has 3 aromatic carbocycles. The largest absolute Gasteiger partial charge is 0.500 e. The molecule has 0 atom stereocenters. The molecule has 14 heteroatoms. The molecule has 13 nitrogen and oxygen atoms in total. The van der Waals surface area contributed by atoms with Crippen LogP contribution >= 0.6 is 0 Å². The second-order valence-electron chi connectivity index (χ2n) is 8.81.